The van der Waals surface area contributed by atoms with E-state index in [-0.39, 0.29) is 18.3 Å². The second kappa shape index (κ2) is 4.28. The maximum atomic E-state index is 13.4. The minimum atomic E-state index is -0.403. The van der Waals surface area contributed by atoms with E-state index < -0.39 is 6.10 Å². The summed E-state index contributed by atoms with van der Waals surface area (Å²) in [4.78, 5) is 10.9. The lowest BCUT2D eigenvalue weighted by Gasteiger charge is -2.23. The average Bonchev–Trinajstić information content (AvgIpc) is 2.23. The number of halogens is 2. The number of nitrogens with one attached hydrogen (secondary N) is 1. The zero-order valence-electron chi connectivity index (χ0n) is 7.80. The molecule has 1 heterocycles. The molecule has 5 heteroatoms. The SMILES string of the molecule is O=C1CO[C@@H](c2cc(Br)ccc2F)CN1. The molecule has 1 fully saturated rings. The highest BCUT2D eigenvalue weighted by Gasteiger charge is 2.22. The van der Waals surface area contributed by atoms with Gasteiger partial charge in [0.25, 0.3) is 0 Å². The molecular weight excluding hydrogens is 265 g/mol. The largest absolute Gasteiger partial charge is 0.362 e. The lowest BCUT2D eigenvalue weighted by molar-refractivity contribution is -0.133. The van der Waals surface area contributed by atoms with Crippen LogP contribution in [0.5, 0.6) is 0 Å². The van der Waals surface area contributed by atoms with Crippen molar-refractivity contribution in [2.24, 2.45) is 0 Å². The monoisotopic (exact) mass is 273 g/mol. The first-order valence-electron chi connectivity index (χ1n) is 4.50. The molecule has 3 nitrogen and oxygen atoms in total. The van der Waals surface area contributed by atoms with Crippen LogP contribution in [0.4, 0.5) is 4.39 Å². The van der Waals surface area contributed by atoms with Crippen LogP contribution in [0, 0.1) is 5.82 Å². The molecule has 1 aliphatic heterocycles. The van der Waals surface area contributed by atoms with Gasteiger partial charge in [-0.25, -0.2) is 4.39 Å². The summed E-state index contributed by atoms with van der Waals surface area (Å²) in [5.41, 5.74) is 0.462. The maximum absolute atomic E-state index is 13.4. The summed E-state index contributed by atoms with van der Waals surface area (Å²) in [6.07, 6.45) is -0.403. The summed E-state index contributed by atoms with van der Waals surface area (Å²) < 4.78 is 19.5. The molecule has 0 saturated carbocycles. The Balaban J connectivity index is 2.21. The Labute approximate surface area is 94.7 Å². The van der Waals surface area contributed by atoms with Crippen molar-refractivity contribution in [3.63, 3.8) is 0 Å². The van der Waals surface area contributed by atoms with Gasteiger partial charge in [-0.05, 0) is 18.2 Å². The Morgan fingerprint density at radius 1 is 1.53 bits per heavy atom. The fourth-order valence-electron chi connectivity index (χ4n) is 1.45. The van der Waals surface area contributed by atoms with Crippen molar-refractivity contribution in [1.29, 1.82) is 0 Å². The van der Waals surface area contributed by atoms with Crippen LogP contribution in [0.15, 0.2) is 22.7 Å². The Morgan fingerprint density at radius 2 is 2.33 bits per heavy atom. The quantitative estimate of drug-likeness (QED) is 0.847. The highest BCUT2D eigenvalue weighted by Crippen LogP contribution is 2.25. The lowest BCUT2D eigenvalue weighted by Crippen LogP contribution is -2.38. The van der Waals surface area contributed by atoms with Crippen LogP contribution in [0.2, 0.25) is 0 Å². The fraction of sp³-hybridized carbons (Fsp3) is 0.300. The van der Waals surface area contributed by atoms with Crippen LogP contribution in [0.3, 0.4) is 0 Å². The van der Waals surface area contributed by atoms with Crippen molar-refractivity contribution in [3.8, 4) is 0 Å². The van der Waals surface area contributed by atoms with E-state index in [0.717, 1.165) is 4.47 Å². The molecule has 1 saturated heterocycles. The Morgan fingerprint density at radius 3 is 3.00 bits per heavy atom. The normalized spacial score (nSPS) is 21.2. The van der Waals surface area contributed by atoms with Crippen LogP contribution in [0.25, 0.3) is 0 Å². The van der Waals surface area contributed by atoms with Gasteiger partial charge in [0.2, 0.25) is 5.91 Å². The van der Waals surface area contributed by atoms with Gasteiger partial charge in [0.1, 0.15) is 18.5 Å². The molecule has 0 bridgehead atoms. The number of amides is 1. The predicted octanol–water partition coefficient (Wildman–Crippen LogP) is 1.78. The molecule has 1 N–H and O–H groups in total. The number of carbonyl (C=O) groups excluding carboxylic acids is 1. The van der Waals surface area contributed by atoms with Crippen molar-refractivity contribution in [3.05, 3.63) is 34.1 Å². The molecule has 0 aliphatic carbocycles. The number of benzene rings is 1. The first-order chi connectivity index (χ1) is 7.16. The third-order valence-corrected chi connectivity index (χ3v) is 2.70. The molecule has 1 aromatic rings. The Hall–Kier alpha value is -0.940. The number of hydrogen-bond donors (Lipinski definition) is 1. The lowest BCUT2D eigenvalue weighted by atomic mass is 10.1. The summed E-state index contributed by atoms with van der Waals surface area (Å²) >= 11 is 3.27. The van der Waals surface area contributed by atoms with Gasteiger partial charge in [-0.15, -0.1) is 0 Å². The van der Waals surface area contributed by atoms with Crippen molar-refractivity contribution >= 4 is 21.8 Å². The van der Waals surface area contributed by atoms with E-state index in [1.807, 2.05) is 0 Å². The van der Waals surface area contributed by atoms with E-state index in [9.17, 15) is 9.18 Å². The minimum Gasteiger partial charge on any atom is -0.362 e. The van der Waals surface area contributed by atoms with E-state index in [0.29, 0.717) is 12.1 Å². The molecule has 1 atom stereocenters. The van der Waals surface area contributed by atoms with Crippen molar-refractivity contribution in [2.45, 2.75) is 6.10 Å². The average molecular weight is 274 g/mol. The van der Waals surface area contributed by atoms with E-state index >= 15 is 0 Å². The van der Waals surface area contributed by atoms with Crippen molar-refractivity contribution < 1.29 is 13.9 Å². The van der Waals surface area contributed by atoms with E-state index in [1.165, 1.54) is 6.07 Å². The summed E-state index contributed by atoms with van der Waals surface area (Å²) in [5.74, 6) is -0.485. The Bertz CT molecular complexity index is 387. The summed E-state index contributed by atoms with van der Waals surface area (Å²) in [6.45, 7) is 0.294. The molecule has 2 rings (SSSR count). The molecule has 0 unspecified atom stereocenters. The molecule has 1 amide bonds. The minimum absolute atomic E-state index is 0.0172. The van der Waals surface area contributed by atoms with Crippen LogP contribution in [-0.2, 0) is 9.53 Å². The van der Waals surface area contributed by atoms with Crippen LogP contribution >= 0.6 is 15.9 Å². The van der Waals surface area contributed by atoms with Gasteiger partial charge in [0.05, 0.1) is 0 Å². The van der Waals surface area contributed by atoms with Gasteiger partial charge >= 0.3 is 0 Å². The summed E-state index contributed by atoms with van der Waals surface area (Å²) in [5, 5.41) is 2.63. The van der Waals surface area contributed by atoms with Crippen molar-refractivity contribution in [1.82, 2.24) is 5.32 Å². The highest BCUT2D eigenvalue weighted by atomic mass is 79.9. The molecule has 0 radical (unpaired) electrons. The van der Waals surface area contributed by atoms with E-state index in [2.05, 4.69) is 21.2 Å². The molecule has 0 spiro atoms. The van der Waals surface area contributed by atoms with Crippen LogP contribution in [-0.4, -0.2) is 19.1 Å². The Kier molecular flexibility index (Phi) is 3.02. The number of rotatable bonds is 1. The second-order valence-electron chi connectivity index (χ2n) is 3.27. The number of hydrogen-bond acceptors (Lipinski definition) is 2. The van der Waals surface area contributed by atoms with E-state index in [4.69, 9.17) is 4.74 Å². The van der Waals surface area contributed by atoms with Crippen LogP contribution < -0.4 is 5.32 Å². The first kappa shape index (κ1) is 10.6. The zero-order chi connectivity index (χ0) is 10.8. The standard InChI is InChI=1S/C10H9BrFNO2/c11-6-1-2-8(12)7(3-6)9-4-13-10(14)5-15-9/h1-3,9H,4-5H2,(H,13,14)/t9-/m1/s1. The molecule has 1 aliphatic rings. The van der Waals surface area contributed by atoms with Crippen LogP contribution in [0.1, 0.15) is 11.7 Å². The third-order valence-electron chi connectivity index (χ3n) is 2.21. The number of morpholine rings is 1. The van der Waals surface area contributed by atoms with Gasteiger partial charge in [-0.3, -0.25) is 4.79 Å². The molecule has 0 aromatic heterocycles. The number of ether oxygens (including phenoxy) is 1. The molecule has 80 valence electrons. The summed E-state index contributed by atoms with van der Waals surface area (Å²) in [7, 11) is 0. The smallest absolute Gasteiger partial charge is 0.246 e. The van der Waals surface area contributed by atoms with Crippen molar-refractivity contribution in [2.75, 3.05) is 13.2 Å². The number of carbonyl (C=O) groups is 1. The molecule has 15 heavy (non-hydrogen) atoms. The maximum Gasteiger partial charge on any atom is 0.246 e. The van der Waals surface area contributed by atoms with Gasteiger partial charge in [0.15, 0.2) is 0 Å². The zero-order valence-corrected chi connectivity index (χ0v) is 9.38. The highest BCUT2D eigenvalue weighted by molar-refractivity contribution is 9.10. The summed E-state index contributed by atoms with van der Waals surface area (Å²) in [6, 6.07) is 4.66. The van der Waals surface area contributed by atoms with Gasteiger partial charge < -0.3 is 10.1 Å². The predicted molar refractivity (Wildman–Crippen MR) is 55.8 cm³/mol. The fourth-order valence-corrected chi connectivity index (χ4v) is 1.83. The molecule has 1 aromatic carbocycles. The van der Waals surface area contributed by atoms with Gasteiger partial charge in [-0.2, -0.15) is 0 Å². The second-order valence-corrected chi connectivity index (χ2v) is 4.19. The third kappa shape index (κ3) is 2.35. The topological polar surface area (TPSA) is 38.3 Å². The van der Waals surface area contributed by atoms with Gasteiger partial charge in [-0.1, -0.05) is 15.9 Å². The molecular formula is C10H9BrFNO2. The first-order valence-corrected chi connectivity index (χ1v) is 5.29. The van der Waals surface area contributed by atoms with Gasteiger partial charge in [0, 0.05) is 16.6 Å². The van der Waals surface area contributed by atoms with E-state index in [1.54, 1.807) is 12.1 Å².